The average Bonchev–Trinajstić information content (AvgIpc) is 2.86. The molecule has 1 aromatic rings. The molecule has 2 aliphatic rings. The Balaban J connectivity index is 1.91. The van der Waals surface area contributed by atoms with Crippen LogP contribution in [0.5, 0.6) is 5.75 Å². The van der Waals surface area contributed by atoms with Gasteiger partial charge in [-0.25, -0.2) is 0 Å². The van der Waals surface area contributed by atoms with E-state index in [0.29, 0.717) is 0 Å². The Morgan fingerprint density at radius 1 is 1.39 bits per heavy atom. The number of benzene rings is 1. The van der Waals surface area contributed by atoms with Gasteiger partial charge in [-0.15, -0.1) is 0 Å². The molecule has 0 aromatic heterocycles. The third-order valence-corrected chi connectivity index (χ3v) is 4.28. The van der Waals surface area contributed by atoms with E-state index in [1.54, 1.807) is 0 Å². The highest BCUT2D eigenvalue weighted by Crippen LogP contribution is 2.38. The molecule has 98 valence electrons. The van der Waals surface area contributed by atoms with E-state index in [1.165, 1.54) is 18.4 Å². The number of aliphatic hydroxyl groups is 1. The lowest BCUT2D eigenvalue weighted by atomic mass is 9.93. The van der Waals surface area contributed by atoms with Crippen LogP contribution in [-0.4, -0.2) is 24.3 Å². The highest BCUT2D eigenvalue weighted by atomic mass is 79.9. The third kappa shape index (κ3) is 2.29. The number of hydrogen-bond acceptors (Lipinski definition) is 3. The maximum absolute atomic E-state index is 10.6. The largest absolute Gasteiger partial charge is 0.493 e. The molecule has 0 amide bonds. The van der Waals surface area contributed by atoms with E-state index in [1.807, 2.05) is 6.07 Å². The molecule has 2 heterocycles. The molecule has 18 heavy (non-hydrogen) atoms. The Morgan fingerprint density at radius 2 is 2.28 bits per heavy atom. The van der Waals surface area contributed by atoms with Crippen molar-refractivity contribution in [3.8, 4) is 5.75 Å². The van der Waals surface area contributed by atoms with Gasteiger partial charge >= 0.3 is 0 Å². The number of nitrogens with one attached hydrogen (secondary N) is 1. The van der Waals surface area contributed by atoms with E-state index in [0.717, 1.165) is 41.8 Å². The van der Waals surface area contributed by atoms with E-state index < -0.39 is 6.10 Å². The fourth-order valence-corrected chi connectivity index (χ4v) is 3.41. The summed E-state index contributed by atoms with van der Waals surface area (Å²) in [5.74, 6) is 0.901. The van der Waals surface area contributed by atoms with Crippen LogP contribution in [0.2, 0.25) is 0 Å². The lowest BCUT2D eigenvalue weighted by molar-refractivity contribution is 0.111. The summed E-state index contributed by atoms with van der Waals surface area (Å²) in [5, 5.41) is 14.0. The van der Waals surface area contributed by atoms with Gasteiger partial charge in [0.25, 0.3) is 0 Å². The van der Waals surface area contributed by atoms with Crippen molar-refractivity contribution in [3.63, 3.8) is 0 Å². The van der Waals surface area contributed by atoms with Crippen LogP contribution in [0.1, 0.15) is 36.5 Å². The molecular weight excluding hydrogens is 294 g/mol. The maximum Gasteiger partial charge on any atom is 0.128 e. The number of fused-ring (bicyclic) bond motifs is 1. The summed E-state index contributed by atoms with van der Waals surface area (Å²) >= 11 is 3.52. The first kappa shape index (κ1) is 12.5. The van der Waals surface area contributed by atoms with Crippen molar-refractivity contribution in [2.24, 2.45) is 0 Å². The highest BCUT2D eigenvalue weighted by molar-refractivity contribution is 9.10. The number of ether oxygens (including phenoxy) is 1. The molecule has 0 aliphatic carbocycles. The van der Waals surface area contributed by atoms with Gasteiger partial charge in [0, 0.05) is 22.5 Å². The van der Waals surface area contributed by atoms with Crippen molar-refractivity contribution in [1.82, 2.24) is 5.32 Å². The Bertz CT molecular complexity index is 444. The number of rotatable bonds is 2. The molecule has 0 radical (unpaired) electrons. The summed E-state index contributed by atoms with van der Waals surface area (Å²) in [5.41, 5.74) is 2.13. The molecule has 0 saturated carbocycles. The standard InChI is InChI=1S/C14H18BrNO2/c15-10-7-9-4-6-18-14(9)11(8-10)13(17)12-3-1-2-5-16-12/h7-8,12-13,16-17H,1-6H2. The zero-order valence-electron chi connectivity index (χ0n) is 10.3. The van der Waals surface area contributed by atoms with Gasteiger partial charge in [0.05, 0.1) is 12.7 Å². The minimum Gasteiger partial charge on any atom is -0.493 e. The second-order valence-corrected chi connectivity index (χ2v) is 6.00. The Labute approximate surface area is 116 Å². The lowest BCUT2D eigenvalue weighted by Crippen LogP contribution is -2.38. The number of aliphatic hydroxyl groups excluding tert-OH is 1. The fraction of sp³-hybridized carbons (Fsp3) is 0.571. The lowest BCUT2D eigenvalue weighted by Gasteiger charge is -2.29. The minimum absolute atomic E-state index is 0.154. The van der Waals surface area contributed by atoms with Crippen LogP contribution in [0, 0.1) is 0 Å². The van der Waals surface area contributed by atoms with Gasteiger partial charge in [-0.2, -0.15) is 0 Å². The Morgan fingerprint density at radius 3 is 3.06 bits per heavy atom. The van der Waals surface area contributed by atoms with Gasteiger partial charge in [-0.3, -0.25) is 0 Å². The smallest absolute Gasteiger partial charge is 0.128 e. The molecular formula is C14H18BrNO2. The molecule has 1 saturated heterocycles. The van der Waals surface area contributed by atoms with Crippen LogP contribution in [0.15, 0.2) is 16.6 Å². The summed E-state index contributed by atoms with van der Waals surface area (Å²) < 4.78 is 6.71. The summed E-state index contributed by atoms with van der Waals surface area (Å²) in [6, 6.07) is 4.24. The Hall–Kier alpha value is -0.580. The molecule has 3 rings (SSSR count). The summed E-state index contributed by atoms with van der Waals surface area (Å²) in [7, 11) is 0. The maximum atomic E-state index is 10.6. The molecule has 2 atom stereocenters. The van der Waals surface area contributed by atoms with E-state index >= 15 is 0 Å². The van der Waals surface area contributed by atoms with Crippen LogP contribution in [0.25, 0.3) is 0 Å². The SMILES string of the molecule is OC(c1cc(Br)cc2c1OCC2)C1CCCCN1. The zero-order chi connectivity index (χ0) is 12.5. The predicted octanol–water partition coefficient (Wildman–Crippen LogP) is 2.56. The first-order valence-electron chi connectivity index (χ1n) is 6.62. The van der Waals surface area contributed by atoms with E-state index in [-0.39, 0.29) is 6.04 Å². The highest BCUT2D eigenvalue weighted by Gasteiger charge is 2.28. The zero-order valence-corrected chi connectivity index (χ0v) is 11.9. The average molecular weight is 312 g/mol. The fourth-order valence-electron chi connectivity index (χ4n) is 2.88. The molecule has 0 bridgehead atoms. The van der Waals surface area contributed by atoms with Gasteiger partial charge in [0.2, 0.25) is 0 Å². The van der Waals surface area contributed by atoms with Crippen molar-refractivity contribution in [2.45, 2.75) is 37.8 Å². The number of hydrogen-bond donors (Lipinski definition) is 2. The van der Waals surface area contributed by atoms with Gasteiger partial charge in [0.15, 0.2) is 0 Å². The first-order chi connectivity index (χ1) is 8.75. The molecule has 1 aromatic carbocycles. The van der Waals surface area contributed by atoms with E-state index in [4.69, 9.17) is 4.74 Å². The normalized spacial score (nSPS) is 24.4. The van der Waals surface area contributed by atoms with Gasteiger partial charge in [-0.05, 0) is 37.1 Å². The molecule has 2 unspecified atom stereocenters. The molecule has 2 N–H and O–H groups in total. The quantitative estimate of drug-likeness (QED) is 0.882. The monoisotopic (exact) mass is 311 g/mol. The molecule has 3 nitrogen and oxygen atoms in total. The van der Waals surface area contributed by atoms with Crippen molar-refractivity contribution in [1.29, 1.82) is 0 Å². The predicted molar refractivity (Wildman–Crippen MR) is 73.9 cm³/mol. The van der Waals surface area contributed by atoms with E-state index in [9.17, 15) is 5.11 Å². The minimum atomic E-state index is -0.477. The van der Waals surface area contributed by atoms with Crippen LogP contribution in [0.3, 0.4) is 0 Å². The number of halogens is 1. The molecule has 1 fully saturated rings. The summed E-state index contributed by atoms with van der Waals surface area (Å²) in [4.78, 5) is 0. The van der Waals surface area contributed by atoms with Crippen molar-refractivity contribution >= 4 is 15.9 Å². The second kappa shape index (κ2) is 5.19. The second-order valence-electron chi connectivity index (χ2n) is 5.08. The summed E-state index contributed by atoms with van der Waals surface area (Å²) in [6.07, 6.45) is 3.88. The van der Waals surface area contributed by atoms with Crippen molar-refractivity contribution in [3.05, 3.63) is 27.7 Å². The van der Waals surface area contributed by atoms with Gasteiger partial charge in [-0.1, -0.05) is 22.4 Å². The van der Waals surface area contributed by atoms with Crippen LogP contribution in [-0.2, 0) is 6.42 Å². The van der Waals surface area contributed by atoms with Gasteiger partial charge in [0.1, 0.15) is 5.75 Å². The molecule has 2 aliphatic heterocycles. The van der Waals surface area contributed by atoms with Crippen molar-refractivity contribution in [2.75, 3.05) is 13.2 Å². The van der Waals surface area contributed by atoms with Crippen LogP contribution >= 0.6 is 15.9 Å². The summed E-state index contributed by atoms with van der Waals surface area (Å²) in [6.45, 7) is 1.72. The molecule has 0 spiro atoms. The van der Waals surface area contributed by atoms with Crippen LogP contribution < -0.4 is 10.1 Å². The van der Waals surface area contributed by atoms with E-state index in [2.05, 4.69) is 27.3 Å². The third-order valence-electron chi connectivity index (χ3n) is 3.83. The molecule has 4 heteroatoms. The van der Waals surface area contributed by atoms with Crippen LogP contribution in [0.4, 0.5) is 0 Å². The first-order valence-corrected chi connectivity index (χ1v) is 7.41. The van der Waals surface area contributed by atoms with Gasteiger partial charge < -0.3 is 15.2 Å². The van der Waals surface area contributed by atoms with Crippen molar-refractivity contribution < 1.29 is 9.84 Å². The Kier molecular flexibility index (Phi) is 3.59. The topological polar surface area (TPSA) is 41.5 Å². The number of piperidine rings is 1.